The molecule has 0 unspecified atom stereocenters. The summed E-state index contributed by atoms with van der Waals surface area (Å²) >= 11 is 0. The largest absolute Gasteiger partial charge is 0.478 e. The van der Waals surface area contributed by atoms with E-state index >= 15 is 0 Å². The van der Waals surface area contributed by atoms with Crippen LogP contribution in [0.5, 0.6) is 5.88 Å². The predicted octanol–water partition coefficient (Wildman–Crippen LogP) is 0.784. The van der Waals surface area contributed by atoms with Crippen LogP contribution >= 0.6 is 0 Å². The molecule has 0 saturated carbocycles. The molecular formula is C10H9NO4. The smallest absolute Gasteiger partial charge is 0.337 e. The summed E-state index contributed by atoms with van der Waals surface area (Å²) in [4.78, 5) is 14.8. The van der Waals surface area contributed by atoms with Crippen molar-refractivity contribution >= 4 is 5.97 Å². The summed E-state index contributed by atoms with van der Waals surface area (Å²) in [6.45, 7) is 1.78. The summed E-state index contributed by atoms with van der Waals surface area (Å²) in [5.41, 5.74) is 0.932. The van der Waals surface area contributed by atoms with Crippen LogP contribution in [0.15, 0.2) is 24.0 Å². The normalized spacial score (nSPS) is 18.8. The van der Waals surface area contributed by atoms with Crippen LogP contribution in [0.2, 0.25) is 0 Å². The van der Waals surface area contributed by atoms with E-state index in [0.29, 0.717) is 5.56 Å². The van der Waals surface area contributed by atoms with Gasteiger partial charge in [-0.1, -0.05) is 0 Å². The highest BCUT2D eigenvalue weighted by molar-refractivity contribution is 5.88. The number of rotatable bonds is 1. The van der Waals surface area contributed by atoms with Gasteiger partial charge in [-0.3, -0.25) is 0 Å². The highest BCUT2D eigenvalue weighted by Crippen LogP contribution is 2.32. The summed E-state index contributed by atoms with van der Waals surface area (Å²) in [5, 5.41) is 18.5. The van der Waals surface area contributed by atoms with E-state index in [9.17, 15) is 9.90 Å². The van der Waals surface area contributed by atoms with E-state index in [4.69, 9.17) is 9.84 Å². The molecule has 1 aromatic rings. The second-order valence-corrected chi connectivity index (χ2v) is 3.25. The molecule has 1 aromatic heterocycles. The molecule has 1 atom stereocenters. The van der Waals surface area contributed by atoms with Gasteiger partial charge >= 0.3 is 5.97 Å². The van der Waals surface area contributed by atoms with Crippen molar-refractivity contribution in [1.29, 1.82) is 0 Å². The molecule has 2 rings (SSSR count). The van der Waals surface area contributed by atoms with Crippen LogP contribution in [-0.2, 0) is 4.79 Å². The molecule has 0 saturated heterocycles. The van der Waals surface area contributed by atoms with Gasteiger partial charge in [0, 0.05) is 11.3 Å². The van der Waals surface area contributed by atoms with Gasteiger partial charge in [0.05, 0.1) is 0 Å². The Morgan fingerprint density at radius 2 is 2.27 bits per heavy atom. The summed E-state index contributed by atoms with van der Waals surface area (Å²) in [5.74, 6) is -0.943. The van der Waals surface area contributed by atoms with E-state index in [1.165, 1.54) is 0 Å². The van der Waals surface area contributed by atoms with Gasteiger partial charge in [-0.2, -0.15) is 0 Å². The molecule has 0 fully saturated rings. The Bertz CT molecular complexity index is 453. The number of hydrogen-bond acceptors (Lipinski definition) is 4. The highest BCUT2D eigenvalue weighted by atomic mass is 16.5. The number of aromatic nitrogens is 1. The van der Waals surface area contributed by atoms with Crippen LogP contribution in [0.25, 0.3) is 0 Å². The van der Waals surface area contributed by atoms with Crippen molar-refractivity contribution < 1.29 is 19.7 Å². The van der Waals surface area contributed by atoms with Gasteiger partial charge in [0.1, 0.15) is 17.9 Å². The molecule has 2 heterocycles. The topological polar surface area (TPSA) is 79.7 Å². The molecule has 0 bridgehead atoms. The van der Waals surface area contributed by atoms with Crippen molar-refractivity contribution in [2.75, 3.05) is 0 Å². The van der Waals surface area contributed by atoms with Gasteiger partial charge in [-0.25, -0.2) is 9.78 Å². The van der Waals surface area contributed by atoms with Crippen LogP contribution in [0.4, 0.5) is 0 Å². The first kappa shape index (κ1) is 9.67. The molecule has 0 spiro atoms. The van der Waals surface area contributed by atoms with Crippen LogP contribution < -0.4 is 4.74 Å². The Hall–Kier alpha value is -1.88. The van der Waals surface area contributed by atoms with Gasteiger partial charge in [-0.15, -0.1) is 0 Å². The minimum absolute atomic E-state index is 0.187. The molecule has 1 aliphatic rings. The Balaban J connectivity index is 2.45. The zero-order valence-corrected chi connectivity index (χ0v) is 7.97. The first-order valence-corrected chi connectivity index (χ1v) is 4.35. The van der Waals surface area contributed by atoms with E-state index in [1.54, 1.807) is 19.1 Å². The molecule has 5 nitrogen and oxygen atoms in total. The zero-order chi connectivity index (χ0) is 11.0. The number of aliphatic hydroxyl groups is 1. The molecule has 0 radical (unpaired) electrons. The molecule has 15 heavy (non-hydrogen) atoms. The van der Waals surface area contributed by atoms with Crippen LogP contribution in [0, 0.1) is 6.92 Å². The number of carbonyl (C=O) groups is 1. The van der Waals surface area contributed by atoms with Crippen molar-refractivity contribution in [2.24, 2.45) is 0 Å². The molecular weight excluding hydrogens is 198 g/mol. The molecule has 5 heteroatoms. The molecule has 0 aromatic carbocycles. The average molecular weight is 207 g/mol. The Morgan fingerprint density at radius 3 is 2.93 bits per heavy atom. The summed E-state index contributed by atoms with van der Waals surface area (Å²) in [7, 11) is 0. The quantitative estimate of drug-likeness (QED) is 0.711. The number of hydrogen-bond donors (Lipinski definition) is 2. The third-order valence-corrected chi connectivity index (χ3v) is 2.16. The summed E-state index contributed by atoms with van der Waals surface area (Å²) in [6, 6.07) is 3.30. The Kier molecular flexibility index (Phi) is 2.17. The van der Waals surface area contributed by atoms with Gasteiger partial charge in [0.25, 0.3) is 0 Å². The standard InChI is InChI=1S/C10H9NO4/c1-5-2-3-6-8(12)7(10(13)14)4-15-9(6)11-5/h2-4,8,12H,1H3,(H,13,14)/t8-/m0/s1. The Labute approximate surface area is 85.6 Å². The van der Waals surface area contributed by atoms with Gasteiger partial charge in [0.2, 0.25) is 5.88 Å². The number of nitrogens with zero attached hydrogens (tertiary/aromatic N) is 1. The SMILES string of the molecule is Cc1ccc2c(n1)OC=C(C(=O)O)[C@H]2O. The fourth-order valence-corrected chi connectivity index (χ4v) is 1.36. The maximum absolute atomic E-state index is 10.7. The number of aliphatic hydroxyl groups excluding tert-OH is 1. The minimum Gasteiger partial charge on any atom is -0.478 e. The molecule has 2 N–H and O–H groups in total. The number of aliphatic carboxylic acids is 1. The van der Waals surface area contributed by atoms with Crippen molar-refractivity contribution in [3.05, 3.63) is 35.2 Å². The number of carboxylic acids is 1. The van der Waals surface area contributed by atoms with E-state index < -0.39 is 12.1 Å². The third-order valence-electron chi connectivity index (χ3n) is 2.16. The van der Waals surface area contributed by atoms with E-state index in [2.05, 4.69) is 4.98 Å². The highest BCUT2D eigenvalue weighted by Gasteiger charge is 2.28. The first-order valence-electron chi connectivity index (χ1n) is 4.35. The van der Waals surface area contributed by atoms with Crippen molar-refractivity contribution in [3.8, 4) is 5.88 Å². The van der Waals surface area contributed by atoms with Crippen molar-refractivity contribution in [3.63, 3.8) is 0 Å². The summed E-state index contributed by atoms with van der Waals surface area (Å²) < 4.78 is 5.03. The number of carboxylic acid groups (broad SMARTS) is 1. The lowest BCUT2D eigenvalue weighted by Crippen LogP contribution is -2.17. The zero-order valence-electron chi connectivity index (χ0n) is 7.97. The lowest BCUT2D eigenvalue weighted by molar-refractivity contribution is -0.134. The number of aryl methyl sites for hydroxylation is 1. The lowest BCUT2D eigenvalue weighted by Gasteiger charge is -2.19. The fraction of sp³-hybridized carbons (Fsp3) is 0.200. The first-order chi connectivity index (χ1) is 7.09. The maximum atomic E-state index is 10.7. The number of ether oxygens (including phenoxy) is 1. The second-order valence-electron chi connectivity index (χ2n) is 3.25. The fourth-order valence-electron chi connectivity index (χ4n) is 1.36. The summed E-state index contributed by atoms with van der Waals surface area (Å²) in [6.07, 6.45) is -0.166. The molecule has 0 aliphatic carbocycles. The average Bonchev–Trinajstić information content (AvgIpc) is 2.17. The molecule has 0 amide bonds. The number of fused-ring (bicyclic) bond motifs is 1. The van der Waals surface area contributed by atoms with E-state index in [1.807, 2.05) is 0 Å². The molecule has 78 valence electrons. The van der Waals surface area contributed by atoms with Crippen LogP contribution in [-0.4, -0.2) is 21.2 Å². The lowest BCUT2D eigenvalue weighted by atomic mass is 10.0. The third kappa shape index (κ3) is 1.57. The van der Waals surface area contributed by atoms with E-state index in [-0.39, 0.29) is 11.5 Å². The molecule has 1 aliphatic heterocycles. The van der Waals surface area contributed by atoms with E-state index in [0.717, 1.165) is 12.0 Å². The van der Waals surface area contributed by atoms with Gasteiger partial charge in [-0.05, 0) is 19.1 Å². The van der Waals surface area contributed by atoms with Crippen LogP contribution in [0.1, 0.15) is 17.4 Å². The van der Waals surface area contributed by atoms with Crippen molar-refractivity contribution in [1.82, 2.24) is 4.98 Å². The van der Waals surface area contributed by atoms with Crippen LogP contribution in [0.3, 0.4) is 0 Å². The minimum atomic E-state index is -1.20. The monoisotopic (exact) mass is 207 g/mol. The van der Waals surface area contributed by atoms with Gasteiger partial charge in [0.15, 0.2) is 0 Å². The maximum Gasteiger partial charge on any atom is 0.337 e. The number of pyridine rings is 1. The Morgan fingerprint density at radius 1 is 1.53 bits per heavy atom. The van der Waals surface area contributed by atoms with Gasteiger partial charge < -0.3 is 14.9 Å². The second kappa shape index (κ2) is 3.36. The van der Waals surface area contributed by atoms with Crippen molar-refractivity contribution in [2.45, 2.75) is 13.0 Å². The predicted molar refractivity (Wildman–Crippen MR) is 50.3 cm³/mol.